The standard InChI is InChI=1S/C22H22N2O4/c1-3-7-21-19(5-1)25-15-17(27-21)13-23-9-11-24(12-10-23)14-18-16-26-20-6-2-4-8-22(20)28-18/h1-8,15-16H,9-14H2. The third-order valence-corrected chi connectivity index (χ3v) is 5.04. The molecule has 6 nitrogen and oxygen atoms in total. The summed E-state index contributed by atoms with van der Waals surface area (Å²) in [6.07, 6.45) is 3.42. The van der Waals surface area contributed by atoms with Gasteiger partial charge in [-0.3, -0.25) is 9.80 Å². The first-order valence-electron chi connectivity index (χ1n) is 9.53. The van der Waals surface area contributed by atoms with Crippen LogP contribution in [0.15, 0.2) is 72.6 Å². The number of rotatable bonds is 4. The molecule has 1 fully saturated rings. The van der Waals surface area contributed by atoms with E-state index >= 15 is 0 Å². The summed E-state index contributed by atoms with van der Waals surface area (Å²) >= 11 is 0. The molecule has 0 radical (unpaired) electrons. The molecule has 0 atom stereocenters. The Labute approximate surface area is 164 Å². The van der Waals surface area contributed by atoms with E-state index in [4.69, 9.17) is 18.9 Å². The molecule has 0 aliphatic carbocycles. The third kappa shape index (κ3) is 3.69. The van der Waals surface area contributed by atoms with Crippen molar-refractivity contribution in [2.45, 2.75) is 0 Å². The van der Waals surface area contributed by atoms with E-state index in [1.165, 1.54) is 0 Å². The van der Waals surface area contributed by atoms with Gasteiger partial charge in [-0.2, -0.15) is 0 Å². The van der Waals surface area contributed by atoms with Gasteiger partial charge in [0.25, 0.3) is 0 Å². The van der Waals surface area contributed by atoms with Gasteiger partial charge in [-0.15, -0.1) is 0 Å². The van der Waals surface area contributed by atoms with E-state index in [0.29, 0.717) is 0 Å². The normalized spacial score (nSPS) is 19.0. The fourth-order valence-electron chi connectivity index (χ4n) is 3.54. The van der Waals surface area contributed by atoms with Gasteiger partial charge >= 0.3 is 0 Å². The summed E-state index contributed by atoms with van der Waals surface area (Å²) in [5.41, 5.74) is 0. The molecule has 2 aromatic rings. The Balaban J connectivity index is 1.11. The van der Waals surface area contributed by atoms with Gasteiger partial charge in [0.1, 0.15) is 12.5 Å². The molecule has 0 saturated carbocycles. The first kappa shape index (κ1) is 17.2. The van der Waals surface area contributed by atoms with Crippen LogP contribution in [-0.4, -0.2) is 49.1 Å². The lowest BCUT2D eigenvalue weighted by atomic mass is 10.2. The minimum Gasteiger partial charge on any atom is -0.457 e. The van der Waals surface area contributed by atoms with E-state index in [-0.39, 0.29) is 0 Å². The maximum atomic E-state index is 5.95. The van der Waals surface area contributed by atoms with Gasteiger partial charge in [-0.05, 0) is 24.3 Å². The SMILES string of the molecule is C1=C(CN2CCN(CC3=COc4ccccc4O3)CC2)Oc2ccccc2O1. The highest BCUT2D eigenvalue weighted by atomic mass is 16.6. The maximum Gasteiger partial charge on any atom is 0.169 e. The average Bonchev–Trinajstić information content (AvgIpc) is 2.75. The molecule has 0 unspecified atom stereocenters. The Morgan fingerprint density at radius 1 is 0.571 bits per heavy atom. The van der Waals surface area contributed by atoms with Crippen LogP contribution in [-0.2, 0) is 0 Å². The monoisotopic (exact) mass is 378 g/mol. The van der Waals surface area contributed by atoms with Gasteiger partial charge in [-0.1, -0.05) is 24.3 Å². The summed E-state index contributed by atoms with van der Waals surface area (Å²) in [6, 6.07) is 15.5. The Morgan fingerprint density at radius 3 is 1.39 bits per heavy atom. The topological polar surface area (TPSA) is 43.4 Å². The van der Waals surface area contributed by atoms with E-state index in [2.05, 4.69) is 9.80 Å². The number of fused-ring (bicyclic) bond motifs is 2. The van der Waals surface area contributed by atoms with Gasteiger partial charge in [0.05, 0.1) is 13.1 Å². The first-order chi connectivity index (χ1) is 13.8. The average molecular weight is 378 g/mol. The minimum absolute atomic E-state index is 0.748. The van der Waals surface area contributed by atoms with Crippen LogP contribution in [0.5, 0.6) is 23.0 Å². The molecule has 0 amide bonds. The fourth-order valence-corrected chi connectivity index (χ4v) is 3.54. The Morgan fingerprint density at radius 2 is 0.964 bits per heavy atom. The van der Waals surface area contributed by atoms with Crippen LogP contribution in [0.4, 0.5) is 0 Å². The summed E-state index contributed by atoms with van der Waals surface area (Å²) in [5, 5.41) is 0. The number of benzene rings is 2. The minimum atomic E-state index is 0.748. The van der Waals surface area contributed by atoms with E-state index in [9.17, 15) is 0 Å². The van der Waals surface area contributed by atoms with Crippen molar-refractivity contribution in [1.29, 1.82) is 0 Å². The van der Waals surface area contributed by atoms with Crippen molar-refractivity contribution < 1.29 is 18.9 Å². The van der Waals surface area contributed by atoms with Gasteiger partial charge in [-0.25, -0.2) is 0 Å². The molecular formula is C22H22N2O4. The maximum absolute atomic E-state index is 5.95. The van der Waals surface area contributed by atoms with Crippen molar-refractivity contribution in [2.75, 3.05) is 39.3 Å². The van der Waals surface area contributed by atoms with Crippen LogP contribution in [0.3, 0.4) is 0 Å². The Kier molecular flexibility index (Phi) is 4.64. The van der Waals surface area contributed by atoms with E-state index < -0.39 is 0 Å². The lowest BCUT2D eigenvalue weighted by Gasteiger charge is -2.35. The molecule has 3 aliphatic heterocycles. The van der Waals surface area contributed by atoms with Gasteiger partial charge in [0.15, 0.2) is 34.5 Å². The van der Waals surface area contributed by atoms with Crippen molar-refractivity contribution in [1.82, 2.24) is 9.80 Å². The zero-order chi connectivity index (χ0) is 18.8. The number of nitrogens with zero attached hydrogens (tertiary/aromatic N) is 2. The molecule has 6 heteroatoms. The first-order valence-corrected chi connectivity index (χ1v) is 9.53. The second kappa shape index (κ2) is 7.58. The van der Waals surface area contributed by atoms with Crippen molar-refractivity contribution in [3.05, 3.63) is 72.6 Å². The van der Waals surface area contributed by atoms with Gasteiger partial charge < -0.3 is 18.9 Å². The number of piperazine rings is 1. The van der Waals surface area contributed by atoms with E-state index in [0.717, 1.165) is 73.8 Å². The van der Waals surface area contributed by atoms with Crippen LogP contribution in [0.1, 0.15) is 0 Å². The summed E-state index contributed by atoms with van der Waals surface area (Å²) in [5.74, 6) is 4.77. The second-order valence-corrected chi connectivity index (χ2v) is 7.05. The van der Waals surface area contributed by atoms with Crippen molar-refractivity contribution in [3.8, 4) is 23.0 Å². The van der Waals surface area contributed by atoms with Crippen LogP contribution < -0.4 is 18.9 Å². The summed E-state index contributed by atoms with van der Waals surface area (Å²) in [7, 11) is 0. The molecule has 0 bridgehead atoms. The van der Waals surface area contributed by atoms with Gasteiger partial charge in [0, 0.05) is 26.2 Å². The van der Waals surface area contributed by atoms with Crippen molar-refractivity contribution in [3.63, 3.8) is 0 Å². The van der Waals surface area contributed by atoms with Crippen LogP contribution in [0, 0.1) is 0 Å². The second-order valence-electron chi connectivity index (χ2n) is 7.05. The fraction of sp³-hybridized carbons (Fsp3) is 0.273. The molecule has 0 N–H and O–H groups in total. The molecule has 3 heterocycles. The highest BCUT2D eigenvalue weighted by molar-refractivity contribution is 5.43. The van der Waals surface area contributed by atoms with Crippen molar-refractivity contribution in [2.24, 2.45) is 0 Å². The Bertz CT molecular complexity index is 841. The molecule has 1 saturated heterocycles. The Hall–Kier alpha value is -2.96. The molecule has 0 spiro atoms. The zero-order valence-electron chi connectivity index (χ0n) is 15.5. The molecule has 28 heavy (non-hydrogen) atoms. The number of hydrogen-bond acceptors (Lipinski definition) is 6. The number of hydrogen-bond donors (Lipinski definition) is 0. The summed E-state index contributed by atoms with van der Waals surface area (Å²) in [6.45, 7) is 5.36. The quantitative estimate of drug-likeness (QED) is 0.814. The number of ether oxygens (including phenoxy) is 4. The number of para-hydroxylation sites is 4. The zero-order valence-corrected chi connectivity index (χ0v) is 15.5. The van der Waals surface area contributed by atoms with Gasteiger partial charge in [0.2, 0.25) is 0 Å². The molecule has 2 aromatic carbocycles. The predicted molar refractivity (Wildman–Crippen MR) is 104 cm³/mol. The molecule has 0 aromatic heterocycles. The van der Waals surface area contributed by atoms with Crippen LogP contribution in [0.25, 0.3) is 0 Å². The van der Waals surface area contributed by atoms with Crippen molar-refractivity contribution >= 4 is 0 Å². The highest BCUT2D eigenvalue weighted by Crippen LogP contribution is 2.33. The lowest BCUT2D eigenvalue weighted by Crippen LogP contribution is -2.48. The lowest BCUT2D eigenvalue weighted by molar-refractivity contribution is 0.125. The summed E-state index contributed by atoms with van der Waals surface area (Å²) < 4.78 is 23.2. The molecular weight excluding hydrogens is 356 g/mol. The van der Waals surface area contributed by atoms with Crippen LogP contribution >= 0.6 is 0 Å². The van der Waals surface area contributed by atoms with Crippen LogP contribution in [0.2, 0.25) is 0 Å². The smallest absolute Gasteiger partial charge is 0.169 e. The highest BCUT2D eigenvalue weighted by Gasteiger charge is 2.23. The molecule has 3 aliphatic rings. The largest absolute Gasteiger partial charge is 0.457 e. The summed E-state index contributed by atoms with van der Waals surface area (Å²) in [4.78, 5) is 4.75. The molecule has 144 valence electrons. The van der Waals surface area contributed by atoms with E-state index in [1.54, 1.807) is 12.5 Å². The molecule has 5 rings (SSSR count). The van der Waals surface area contributed by atoms with E-state index in [1.807, 2.05) is 48.5 Å². The third-order valence-electron chi connectivity index (χ3n) is 5.04. The predicted octanol–water partition coefficient (Wildman–Crippen LogP) is 3.23.